The fourth-order valence-corrected chi connectivity index (χ4v) is 1.66. The molecule has 5 nitrogen and oxygen atoms in total. The number of halogens is 1. The second-order valence-corrected chi connectivity index (χ2v) is 5.15. The minimum atomic E-state index is -0.274. The van der Waals surface area contributed by atoms with Crippen LogP contribution in [0.5, 0.6) is 5.75 Å². The van der Waals surface area contributed by atoms with Crippen LogP contribution in [-0.2, 0) is 9.59 Å². The summed E-state index contributed by atoms with van der Waals surface area (Å²) in [5.74, 6) is 0.0494. The summed E-state index contributed by atoms with van der Waals surface area (Å²) in [6.45, 7) is 3.60. The zero-order chi connectivity index (χ0) is 15.1. The number of carbonyl (C=O) groups is 2. The van der Waals surface area contributed by atoms with E-state index in [-0.39, 0.29) is 31.0 Å². The fourth-order valence-electron chi connectivity index (χ4n) is 1.48. The van der Waals surface area contributed by atoms with Crippen LogP contribution in [0.4, 0.5) is 0 Å². The van der Waals surface area contributed by atoms with Crippen molar-refractivity contribution >= 4 is 23.4 Å². The van der Waals surface area contributed by atoms with Gasteiger partial charge in [-0.15, -0.1) is 0 Å². The van der Waals surface area contributed by atoms with E-state index in [2.05, 4.69) is 5.32 Å². The monoisotopic (exact) mass is 298 g/mol. The van der Waals surface area contributed by atoms with Gasteiger partial charge in [0.05, 0.1) is 6.54 Å². The normalized spacial score (nSPS) is 10.2. The van der Waals surface area contributed by atoms with E-state index in [1.807, 2.05) is 13.8 Å². The van der Waals surface area contributed by atoms with Gasteiger partial charge in [0.25, 0.3) is 5.91 Å². The van der Waals surface area contributed by atoms with Gasteiger partial charge < -0.3 is 15.0 Å². The SMILES string of the molecule is CC(C)NC(=O)CN(C)C(=O)COc1cccc(Cl)c1. The number of nitrogens with one attached hydrogen (secondary N) is 1. The molecule has 0 aliphatic rings. The zero-order valence-corrected chi connectivity index (χ0v) is 12.6. The van der Waals surface area contributed by atoms with Gasteiger partial charge in [-0.3, -0.25) is 9.59 Å². The largest absolute Gasteiger partial charge is 0.484 e. The second-order valence-electron chi connectivity index (χ2n) is 4.72. The van der Waals surface area contributed by atoms with E-state index in [9.17, 15) is 9.59 Å². The molecule has 0 heterocycles. The highest BCUT2D eigenvalue weighted by Gasteiger charge is 2.14. The lowest BCUT2D eigenvalue weighted by Gasteiger charge is -2.18. The fraction of sp³-hybridized carbons (Fsp3) is 0.429. The van der Waals surface area contributed by atoms with Crippen molar-refractivity contribution in [3.63, 3.8) is 0 Å². The predicted octanol–water partition coefficient (Wildman–Crippen LogP) is 1.70. The highest BCUT2D eigenvalue weighted by atomic mass is 35.5. The first-order valence-corrected chi connectivity index (χ1v) is 6.68. The van der Waals surface area contributed by atoms with Crippen molar-refractivity contribution in [2.24, 2.45) is 0 Å². The van der Waals surface area contributed by atoms with Crippen LogP contribution in [0.15, 0.2) is 24.3 Å². The summed E-state index contributed by atoms with van der Waals surface area (Å²) in [6.07, 6.45) is 0. The standard InChI is InChI=1S/C14H19ClN2O3/c1-10(2)16-13(18)8-17(3)14(19)9-20-12-6-4-5-11(15)7-12/h4-7,10H,8-9H2,1-3H3,(H,16,18). The Morgan fingerprint density at radius 3 is 2.70 bits per heavy atom. The van der Waals surface area contributed by atoms with E-state index < -0.39 is 0 Å². The number of nitrogens with zero attached hydrogens (tertiary/aromatic N) is 1. The Bertz CT molecular complexity index is 477. The number of carbonyl (C=O) groups excluding carboxylic acids is 2. The second kappa shape index (κ2) is 7.75. The Labute approximate surface area is 123 Å². The molecule has 0 bridgehead atoms. The Hall–Kier alpha value is -1.75. The van der Waals surface area contributed by atoms with Crippen molar-refractivity contribution in [1.29, 1.82) is 0 Å². The number of ether oxygens (including phenoxy) is 1. The topological polar surface area (TPSA) is 58.6 Å². The van der Waals surface area contributed by atoms with Crippen LogP contribution in [0.1, 0.15) is 13.8 Å². The molecule has 20 heavy (non-hydrogen) atoms. The molecule has 0 unspecified atom stereocenters. The summed E-state index contributed by atoms with van der Waals surface area (Å²) in [4.78, 5) is 24.7. The Morgan fingerprint density at radius 2 is 2.10 bits per heavy atom. The summed E-state index contributed by atoms with van der Waals surface area (Å²) in [7, 11) is 1.56. The van der Waals surface area contributed by atoms with Crippen molar-refractivity contribution < 1.29 is 14.3 Å². The van der Waals surface area contributed by atoms with Gasteiger partial charge in [0, 0.05) is 18.1 Å². The smallest absolute Gasteiger partial charge is 0.260 e. The molecule has 0 aliphatic heterocycles. The summed E-state index contributed by atoms with van der Waals surface area (Å²) in [5, 5.41) is 3.26. The third-order valence-corrected chi connectivity index (χ3v) is 2.65. The molecule has 110 valence electrons. The van der Waals surface area contributed by atoms with Crippen LogP contribution >= 0.6 is 11.6 Å². The Morgan fingerprint density at radius 1 is 1.40 bits per heavy atom. The predicted molar refractivity (Wildman–Crippen MR) is 77.9 cm³/mol. The van der Waals surface area contributed by atoms with Crippen LogP contribution in [0.2, 0.25) is 5.02 Å². The first-order valence-electron chi connectivity index (χ1n) is 6.30. The zero-order valence-electron chi connectivity index (χ0n) is 11.9. The van der Waals surface area contributed by atoms with Gasteiger partial charge in [0.15, 0.2) is 6.61 Å². The molecule has 0 spiro atoms. The summed E-state index contributed by atoms with van der Waals surface area (Å²) in [5.41, 5.74) is 0. The molecule has 0 radical (unpaired) electrons. The van der Waals surface area contributed by atoms with Crippen LogP contribution in [0.3, 0.4) is 0 Å². The minimum Gasteiger partial charge on any atom is -0.484 e. The van der Waals surface area contributed by atoms with Crippen LogP contribution in [0.25, 0.3) is 0 Å². The number of likely N-dealkylation sites (N-methyl/N-ethyl adjacent to an activating group) is 1. The molecule has 0 fully saturated rings. The first kappa shape index (κ1) is 16.3. The summed E-state index contributed by atoms with van der Waals surface area (Å²) < 4.78 is 5.33. The number of hydrogen-bond acceptors (Lipinski definition) is 3. The van der Waals surface area contributed by atoms with Crippen molar-refractivity contribution in [2.75, 3.05) is 20.2 Å². The van der Waals surface area contributed by atoms with E-state index >= 15 is 0 Å². The molecule has 1 rings (SSSR count). The average Bonchev–Trinajstić information content (AvgIpc) is 2.34. The van der Waals surface area contributed by atoms with E-state index in [1.54, 1.807) is 31.3 Å². The Kier molecular flexibility index (Phi) is 6.31. The molecule has 0 aromatic heterocycles. The third kappa shape index (κ3) is 5.93. The molecule has 0 atom stereocenters. The first-order chi connectivity index (χ1) is 9.38. The molecule has 0 saturated heterocycles. The lowest BCUT2D eigenvalue weighted by molar-refractivity contribution is -0.136. The van der Waals surface area contributed by atoms with E-state index in [1.165, 1.54) is 4.90 Å². The maximum atomic E-state index is 11.8. The quantitative estimate of drug-likeness (QED) is 0.869. The van der Waals surface area contributed by atoms with Gasteiger partial charge in [-0.25, -0.2) is 0 Å². The van der Waals surface area contributed by atoms with Crippen molar-refractivity contribution in [3.05, 3.63) is 29.3 Å². The van der Waals surface area contributed by atoms with Gasteiger partial charge in [0.1, 0.15) is 5.75 Å². The molecular weight excluding hydrogens is 280 g/mol. The lowest BCUT2D eigenvalue weighted by atomic mass is 10.3. The minimum absolute atomic E-state index is 0.00984. The van der Waals surface area contributed by atoms with Crippen LogP contribution in [-0.4, -0.2) is 43.0 Å². The third-order valence-electron chi connectivity index (χ3n) is 2.41. The van der Waals surface area contributed by atoms with Gasteiger partial charge in [-0.1, -0.05) is 17.7 Å². The van der Waals surface area contributed by atoms with E-state index in [0.29, 0.717) is 10.8 Å². The highest BCUT2D eigenvalue weighted by molar-refractivity contribution is 6.30. The molecule has 1 aromatic rings. The molecule has 2 amide bonds. The highest BCUT2D eigenvalue weighted by Crippen LogP contribution is 2.16. The summed E-state index contributed by atoms with van der Waals surface area (Å²) >= 11 is 5.81. The van der Waals surface area contributed by atoms with Gasteiger partial charge >= 0.3 is 0 Å². The van der Waals surface area contributed by atoms with E-state index in [0.717, 1.165) is 0 Å². The molecule has 0 aliphatic carbocycles. The van der Waals surface area contributed by atoms with Crippen molar-refractivity contribution in [1.82, 2.24) is 10.2 Å². The van der Waals surface area contributed by atoms with Gasteiger partial charge in [-0.05, 0) is 32.0 Å². The molecule has 6 heteroatoms. The molecule has 1 N–H and O–H groups in total. The number of benzene rings is 1. The molecule has 1 aromatic carbocycles. The van der Waals surface area contributed by atoms with Gasteiger partial charge in [-0.2, -0.15) is 0 Å². The van der Waals surface area contributed by atoms with E-state index in [4.69, 9.17) is 16.3 Å². The number of amides is 2. The average molecular weight is 299 g/mol. The number of rotatable bonds is 6. The Balaban J connectivity index is 2.40. The maximum absolute atomic E-state index is 11.8. The lowest BCUT2D eigenvalue weighted by Crippen LogP contribution is -2.42. The molecular formula is C14H19ClN2O3. The van der Waals surface area contributed by atoms with Crippen molar-refractivity contribution in [2.45, 2.75) is 19.9 Å². The van der Waals surface area contributed by atoms with Crippen LogP contribution in [0, 0.1) is 0 Å². The van der Waals surface area contributed by atoms with Crippen LogP contribution < -0.4 is 10.1 Å². The molecule has 0 saturated carbocycles. The number of hydrogen-bond donors (Lipinski definition) is 1. The summed E-state index contributed by atoms with van der Waals surface area (Å²) in [6, 6.07) is 6.85. The van der Waals surface area contributed by atoms with Crippen molar-refractivity contribution in [3.8, 4) is 5.75 Å². The van der Waals surface area contributed by atoms with Gasteiger partial charge in [0.2, 0.25) is 5.91 Å². The maximum Gasteiger partial charge on any atom is 0.260 e.